The van der Waals surface area contributed by atoms with Gasteiger partial charge in [-0.05, 0) is 70.6 Å². The average Bonchev–Trinajstić information content (AvgIpc) is 3.28. The van der Waals surface area contributed by atoms with Crippen LogP contribution < -0.4 is 0 Å². The van der Waals surface area contributed by atoms with Crippen molar-refractivity contribution < 1.29 is 23.9 Å². The van der Waals surface area contributed by atoms with E-state index in [0.29, 0.717) is 25.7 Å². The molecule has 5 nitrogen and oxygen atoms in total. The summed E-state index contributed by atoms with van der Waals surface area (Å²) >= 11 is 0. The van der Waals surface area contributed by atoms with E-state index in [2.05, 4.69) is 45.1 Å². The molecule has 0 fully saturated rings. The molecule has 0 heterocycles. The molecular weight excluding hydrogens is 777 g/mol. The molecule has 1 atom stereocenters. The van der Waals surface area contributed by atoms with Crippen LogP contribution in [0, 0.1) is 5.92 Å². The molecule has 0 N–H and O–H groups in total. The Morgan fingerprint density at radius 1 is 0.317 bits per heavy atom. The van der Waals surface area contributed by atoms with Crippen molar-refractivity contribution in [1.82, 2.24) is 0 Å². The molecular formula is C58H108O5. The van der Waals surface area contributed by atoms with Gasteiger partial charge < -0.3 is 9.47 Å². The molecule has 0 saturated carbocycles. The number of carbonyl (C=O) groups excluding carboxylic acids is 3. The lowest BCUT2D eigenvalue weighted by molar-refractivity contribution is -0.150. The second kappa shape index (κ2) is 52.7. The van der Waals surface area contributed by atoms with Crippen LogP contribution in [-0.2, 0) is 23.9 Å². The lowest BCUT2D eigenvalue weighted by atomic mass is 10.00. The predicted octanol–water partition coefficient (Wildman–Crippen LogP) is 19.0. The van der Waals surface area contributed by atoms with Crippen LogP contribution in [0.2, 0.25) is 0 Å². The maximum absolute atomic E-state index is 13.0. The topological polar surface area (TPSA) is 69.7 Å². The summed E-state index contributed by atoms with van der Waals surface area (Å²) in [7, 11) is 0. The summed E-state index contributed by atoms with van der Waals surface area (Å²) in [4.78, 5) is 38.4. The van der Waals surface area contributed by atoms with Crippen molar-refractivity contribution in [3.05, 3.63) is 24.3 Å². The molecule has 0 aliphatic heterocycles. The van der Waals surface area contributed by atoms with Gasteiger partial charge in [0.2, 0.25) is 0 Å². The van der Waals surface area contributed by atoms with Crippen molar-refractivity contribution in [2.45, 2.75) is 310 Å². The Morgan fingerprint density at radius 2 is 0.556 bits per heavy atom. The lowest BCUT2D eigenvalue weighted by Gasteiger charge is -2.17. The summed E-state index contributed by atoms with van der Waals surface area (Å²) in [5.41, 5.74) is 0. The molecule has 0 rings (SSSR count). The third-order valence-corrected chi connectivity index (χ3v) is 12.8. The Morgan fingerprint density at radius 3 is 0.841 bits per heavy atom. The van der Waals surface area contributed by atoms with Crippen LogP contribution in [0.15, 0.2) is 24.3 Å². The van der Waals surface area contributed by atoms with Gasteiger partial charge in [-0.2, -0.15) is 0 Å². The van der Waals surface area contributed by atoms with E-state index in [0.717, 1.165) is 64.2 Å². The minimum Gasteiger partial charge on any atom is -0.465 e. The normalized spacial score (nSPS) is 12.2. The molecule has 5 heteroatoms. The molecule has 0 aromatic carbocycles. The smallest absolute Gasteiger partial charge is 0.305 e. The van der Waals surface area contributed by atoms with Crippen LogP contribution in [0.4, 0.5) is 0 Å². The number of ketones is 1. The molecule has 0 amide bonds. The number of hydrogen-bond acceptors (Lipinski definition) is 5. The number of esters is 2. The summed E-state index contributed by atoms with van der Waals surface area (Å²) in [6.45, 7) is 7.11. The van der Waals surface area contributed by atoms with Gasteiger partial charge >= 0.3 is 11.9 Å². The first kappa shape index (κ1) is 61.1. The number of rotatable bonds is 52. The molecule has 0 radical (unpaired) electrons. The summed E-state index contributed by atoms with van der Waals surface area (Å²) in [5.74, 6) is -0.487. The van der Waals surface area contributed by atoms with Crippen molar-refractivity contribution >= 4 is 17.7 Å². The zero-order valence-electron chi connectivity index (χ0n) is 42.7. The van der Waals surface area contributed by atoms with Gasteiger partial charge in [0.25, 0.3) is 0 Å². The van der Waals surface area contributed by atoms with Crippen molar-refractivity contribution in [2.24, 2.45) is 5.92 Å². The predicted molar refractivity (Wildman–Crippen MR) is 273 cm³/mol. The number of Topliss-reactive ketones (excluding diaryl/α,β-unsaturated/α-hetero) is 1. The second-order valence-corrected chi connectivity index (χ2v) is 19.3. The van der Waals surface area contributed by atoms with Crippen molar-refractivity contribution in [3.8, 4) is 0 Å². The number of unbranched alkanes of at least 4 members (excludes halogenated alkanes) is 36. The maximum atomic E-state index is 13.0. The van der Waals surface area contributed by atoms with Gasteiger partial charge in [0, 0.05) is 31.6 Å². The van der Waals surface area contributed by atoms with E-state index in [1.165, 1.54) is 199 Å². The van der Waals surface area contributed by atoms with E-state index >= 15 is 0 Å². The molecule has 0 aromatic rings. The van der Waals surface area contributed by atoms with E-state index in [9.17, 15) is 14.4 Å². The third kappa shape index (κ3) is 50.9. The Balaban J connectivity index is 4.36. The first-order chi connectivity index (χ1) is 31.0. The van der Waals surface area contributed by atoms with E-state index in [1.807, 2.05) is 0 Å². The summed E-state index contributed by atoms with van der Waals surface area (Å²) < 4.78 is 11.4. The van der Waals surface area contributed by atoms with Crippen LogP contribution >= 0.6 is 0 Å². The Hall–Kier alpha value is -1.91. The molecule has 0 aromatic heterocycles. The molecule has 370 valence electrons. The van der Waals surface area contributed by atoms with Gasteiger partial charge in [-0.3, -0.25) is 14.4 Å². The number of ether oxygens (including phenoxy) is 2. The highest BCUT2D eigenvalue weighted by Crippen LogP contribution is 2.17. The van der Waals surface area contributed by atoms with Crippen LogP contribution in [0.5, 0.6) is 0 Å². The number of carbonyl (C=O) groups is 3. The fraction of sp³-hybridized carbons (Fsp3) is 0.879. The van der Waals surface area contributed by atoms with Crippen LogP contribution in [0.25, 0.3) is 0 Å². The fourth-order valence-electron chi connectivity index (χ4n) is 8.53. The highest BCUT2D eigenvalue weighted by Gasteiger charge is 2.19. The first-order valence-corrected chi connectivity index (χ1v) is 28.2. The molecule has 0 aliphatic carbocycles. The molecule has 63 heavy (non-hydrogen) atoms. The molecule has 0 spiro atoms. The van der Waals surface area contributed by atoms with Gasteiger partial charge in [-0.25, -0.2) is 0 Å². The fourth-order valence-corrected chi connectivity index (χ4v) is 8.53. The Labute approximate surface area is 393 Å². The molecule has 0 bridgehead atoms. The number of hydrogen-bond donors (Lipinski definition) is 0. The standard InChI is InChI=1S/C58H108O5/c1-4-7-10-13-16-19-22-25-28-31-34-37-40-43-46-49-56(59)52-55(53-62-57(60)50-47-44-41-38-35-32-29-26-23-20-17-14-11-8-5-2)54-63-58(61)51-48-45-42-39-36-33-30-27-24-21-18-15-12-9-6-3/h25-26,28-29,55H,4-24,27,30-54H2,1-3H3/b28-25-,29-26-/t55-/m0/s1. The van der Waals surface area contributed by atoms with Gasteiger partial charge in [-0.15, -0.1) is 0 Å². The SMILES string of the molecule is CCCCCCCC/C=C\CCCCCCCC(=O)C[C@@H](COC(=O)CCCCCCC/C=C\CCCCCCCC)COC(=O)CCCCCCCCCCCCCCCCC. The van der Waals surface area contributed by atoms with Crippen molar-refractivity contribution in [1.29, 1.82) is 0 Å². The zero-order chi connectivity index (χ0) is 45.8. The van der Waals surface area contributed by atoms with Gasteiger partial charge in [0.1, 0.15) is 5.78 Å². The quantitative estimate of drug-likeness (QED) is 0.0346. The minimum atomic E-state index is -0.274. The van der Waals surface area contributed by atoms with Crippen molar-refractivity contribution in [3.63, 3.8) is 0 Å². The second-order valence-electron chi connectivity index (χ2n) is 19.3. The molecule has 0 unspecified atom stereocenters. The van der Waals surface area contributed by atoms with Crippen molar-refractivity contribution in [2.75, 3.05) is 13.2 Å². The van der Waals surface area contributed by atoms with Crippen LogP contribution in [0.1, 0.15) is 310 Å². The third-order valence-electron chi connectivity index (χ3n) is 12.8. The number of allylic oxidation sites excluding steroid dienone is 4. The summed E-state index contributed by atoms with van der Waals surface area (Å²) in [5, 5.41) is 0. The highest BCUT2D eigenvalue weighted by molar-refractivity contribution is 5.78. The Kier molecular flexibility index (Phi) is 51.1. The Bertz CT molecular complexity index is 1020. The van der Waals surface area contributed by atoms with Gasteiger partial charge in [0.05, 0.1) is 13.2 Å². The minimum absolute atomic E-state index is 0.147. The lowest BCUT2D eigenvalue weighted by Crippen LogP contribution is -2.23. The highest BCUT2D eigenvalue weighted by atomic mass is 16.5. The van der Waals surface area contributed by atoms with E-state index in [4.69, 9.17) is 9.47 Å². The van der Waals surface area contributed by atoms with Gasteiger partial charge in [0.15, 0.2) is 0 Å². The van der Waals surface area contributed by atoms with E-state index in [1.54, 1.807) is 0 Å². The largest absolute Gasteiger partial charge is 0.465 e. The van der Waals surface area contributed by atoms with Crippen LogP contribution in [0.3, 0.4) is 0 Å². The van der Waals surface area contributed by atoms with E-state index < -0.39 is 0 Å². The summed E-state index contributed by atoms with van der Waals surface area (Å²) in [6.07, 6.45) is 62.4. The average molecular weight is 885 g/mol. The summed E-state index contributed by atoms with van der Waals surface area (Å²) in [6, 6.07) is 0. The van der Waals surface area contributed by atoms with Crippen LogP contribution in [-0.4, -0.2) is 30.9 Å². The van der Waals surface area contributed by atoms with Gasteiger partial charge in [-0.1, -0.05) is 238 Å². The molecule has 0 saturated heterocycles. The van der Waals surface area contributed by atoms with E-state index in [-0.39, 0.29) is 36.9 Å². The monoisotopic (exact) mass is 885 g/mol. The maximum Gasteiger partial charge on any atom is 0.305 e. The molecule has 0 aliphatic rings. The first-order valence-electron chi connectivity index (χ1n) is 28.2. The zero-order valence-corrected chi connectivity index (χ0v) is 42.7.